The van der Waals surface area contributed by atoms with E-state index in [4.69, 9.17) is 0 Å². The zero-order valence-corrected chi connectivity index (χ0v) is 16.8. The second-order valence-corrected chi connectivity index (χ2v) is 8.02. The number of rotatable bonds is 6. The number of carbonyl (C=O) groups excluding carboxylic acids is 1. The molecule has 0 unspecified atom stereocenters. The summed E-state index contributed by atoms with van der Waals surface area (Å²) < 4.78 is 1.91. The highest BCUT2D eigenvalue weighted by molar-refractivity contribution is 8.00. The van der Waals surface area contributed by atoms with Crippen LogP contribution in [0.25, 0.3) is 11.0 Å². The van der Waals surface area contributed by atoms with E-state index in [2.05, 4.69) is 25.5 Å². The molecule has 1 amide bonds. The molecule has 4 aromatic rings. The van der Waals surface area contributed by atoms with Crippen molar-refractivity contribution < 1.29 is 4.79 Å². The van der Waals surface area contributed by atoms with Crippen LogP contribution in [0.15, 0.2) is 58.5 Å². The van der Waals surface area contributed by atoms with Gasteiger partial charge in [-0.1, -0.05) is 42.1 Å². The van der Waals surface area contributed by atoms with Gasteiger partial charge in [-0.25, -0.2) is 4.79 Å². The van der Waals surface area contributed by atoms with Gasteiger partial charge in [-0.05, 0) is 30.7 Å². The summed E-state index contributed by atoms with van der Waals surface area (Å²) in [6, 6.07) is 15.3. The van der Waals surface area contributed by atoms with Crippen LogP contribution in [0.5, 0.6) is 0 Å². The molecule has 0 aliphatic heterocycles. The SMILES string of the molecule is C[C@H](Sc1nnc(Cc2ccccc2)n1C)C(=O)Nc1ccc2[nH]c(=O)[nH]c2c1. The highest BCUT2D eigenvalue weighted by Crippen LogP contribution is 2.24. The monoisotopic (exact) mass is 408 g/mol. The largest absolute Gasteiger partial charge is 0.325 e. The predicted octanol–water partition coefficient (Wildman–Crippen LogP) is 2.69. The number of aromatic nitrogens is 5. The molecule has 0 radical (unpaired) electrons. The minimum Gasteiger partial charge on any atom is -0.325 e. The third-order valence-electron chi connectivity index (χ3n) is 4.57. The lowest BCUT2D eigenvalue weighted by Crippen LogP contribution is -2.22. The summed E-state index contributed by atoms with van der Waals surface area (Å²) in [7, 11) is 1.90. The molecule has 0 aliphatic carbocycles. The first-order valence-corrected chi connectivity index (χ1v) is 9.99. The van der Waals surface area contributed by atoms with Crippen molar-refractivity contribution in [3.8, 4) is 0 Å². The van der Waals surface area contributed by atoms with Crippen LogP contribution in [0.3, 0.4) is 0 Å². The van der Waals surface area contributed by atoms with Gasteiger partial charge in [-0.15, -0.1) is 10.2 Å². The molecule has 29 heavy (non-hydrogen) atoms. The first kappa shape index (κ1) is 19.0. The fraction of sp³-hybridized carbons (Fsp3) is 0.200. The minimum absolute atomic E-state index is 0.153. The van der Waals surface area contributed by atoms with E-state index in [-0.39, 0.29) is 16.8 Å². The van der Waals surface area contributed by atoms with E-state index in [1.807, 2.05) is 48.9 Å². The van der Waals surface area contributed by atoms with Crippen LogP contribution < -0.4 is 11.0 Å². The number of anilines is 1. The van der Waals surface area contributed by atoms with Crippen molar-refractivity contribution in [2.24, 2.45) is 7.05 Å². The molecular formula is C20H20N6O2S. The maximum atomic E-state index is 12.6. The lowest BCUT2D eigenvalue weighted by atomic mass is 10.1. The summed E-state index contributed by atoms with van der Waals surface area (Å²) in [5, 5.41) is 11.7. The second kappa shape index (κ2) is 7.96. The number of nitrogens with zero attached hydrogens (tertiary/aromatic N) is 3. The summed E-state index contributed by atoms with van der Waals surface area (Å²) >= 11 is 1.35. The summed E-state index contributed by atoms with van der Waals surface area (Å²) in [5.74, 6) is 0.688. The third-order valence-corrected chi connectivity index (χ3v) is 5.70. The van der Waals surface area contributed by atoms with Gasteiger partial charge < -0.3 is 19.9 Å². The molecule has 1 atom stereocenters. The van der Waals surface area contributed by atoms with Crippen molar-refractivity contribution in [3.63, 3.8) is 0 Å². The van der Waals surface area contributed by atoms with Crippen molar-refractivity contribution in [1.82, 2.24) is 24.7 Å². The molecule has 2 aromatic heterocycles. The van der Waals surface area contributed by atoms with Crippen molar-refractivity contribution >= 4 is 34.4 Å². The van der Waals surface area contributed by atoms with E-state index in [1.54, 1.807) is 18.2 Å². The summed E-state index contributed by atoms with van der Waals surface area (Å²) in [5.41, 5.74) is 2.84. The molecule has 4 rings (SSSR count). The van der Waals surface area contributed by atoms with Crippen molar-refractivity contribution in [3.05, 3.63) is 70.4 Å². The van der Waals surface area contributed by atoms with Crippen LogP contribution >= 0.6 is 11.8 Å². The Bertz CT molecular complexity index is 1210. The lowest BCUT2D eigenvalue weighted by molar-refractivity contribution is -0.115. The van der Waals surface area contributed by atoms with E-state index in [0.717, 1.165) is 11.4 Å². The average molecular weight is 408 g/mol. The lowest BCUT2D eigenvalue weighted by Gasteiger charge is -2.12. The number of amides is 1. The zero-order chi connectivity index (χ0) is 20.4. The molecule has 8 nitrogen and oxygen atoms in total. The highest BCUT2D eigenvalue weighted by Gasteiger charge is 2.19. The number of carbonyl (C=O) groups is 1. The molecule has 0 bridgehead atoms. The van der Waals surface area contributed by atoms with E-state index in [1.165, 1.54) is 11.8 Å². The first-order valence-electron chi connectivity index (χ1n) is 9.11. The van der Waals surface area contributed by atoms with Crippen LogP contribution in [-0.2, 0) is 18.3 Å². The van der Waals surface area contributed by atoms with Crippen molar-refractivity contribution in [2.45, 2.75) is 23.8 Å². The van der Waals surface area contributed by atoms with E-state index in [9.17, 15) is 9.59 Å². The van der Waals surface area contributed by atoms with E-state index < -0.39 is 0 Å². The van der Waals surface area contributed by atoms with Gasteiger partial charge >= 0.3 is 5.69 Å². The molecule has 9 heteroatoms. The average Bonchev–Trinajstić information content (AvgIpc) is 3.24. The Labute approximate surface area is 170 Å². The molecule has 0 saturated carbocycles. The summed E-state index contributed by atoms with van der Waals surface area (Å²) in [4.78, 5) is 29.3. The summed E-state index contributed by atoms with van der Waals surface area (Å²) in [6.07, 6.45) is 0.681. The number of fused-ring (bicyclic) bond motifs is 1. The second-order valence-electron chi connectivity index (χ2n) is 6.71. The summed E-state index contributed by atoms with van der Waals surface area (Å²) in [6.45, 7) is 1.82. The van der Waals surface area contributed by atoms with Gasteiger partial charge in [0.1, 0.15) is 5.82 Å². The van der Waals surface area contributed by atoms with Gasteiger partial charge in [0.2, 0.25) is 5.91 Å². The van der Waals surface area contributed by atoms with Gasteiger partial charge in [0.25, 0.3) is 0 Å². The molecule has 0 saturated heterocycles. The number of hydrogen-bond acceptors (Lipinski definition) is 5. The van der Waals surface area contributed by atoms with E-state index in [0.29, 0.717) is 28.3 Å². The Hall–Kier alpha value is -3.33. The van der Waals surface area contributed by atoms with Crippen LogP contribution in [0.1, 0.15) is 18.3 Å². The quantitative estimate of drug-likeness (QED) is 0.425. The topological polar surface area (TPSA) is 108 Å². The van der Waals surface area contributed by atoms with Gasteiger partial charge in [0.05, 0.1) is 16.3 Å². The van der Waals surface area contributed by atoms with Crippen LogP contribution in [-0.4, -0.2) is 35.9 Å². The van der Waals surface area contributed by atoms with Gasteiger partial charge in [-0.3, -0.25) is 4.79 Å². The van der Waals surface area contributed by atoms with Gasteiger partial charge in [0, 0.05) is 19.2 Å². The molecule has 0 fully saturated rings. The standard InChI is InChI=1S/C20H20N6O2S/c1-12(18(27)21-14-8-9-15-16(11-14)23-19(28)22-15)29-20-25-24-17(26(20)2)10-13-6-4-3-5-7-13/h3-9,11-12H,10H2,1-2H3,(H,21,27)(H2,22,23,28)/t12-/m0/s1. The number of benzene rings is 2. The van der Waals surface area contributed by atoms with E-state index >= 15 is 0 Å². The molecule has 2 heterocycles. The molecule has 148 valence electrons. The third kappa shape index (κ3) is 4.24. The number of thioether (sulfide) groups is 1. The highest BCUT2D eigenvalue weighted by atomic mass is 32.2. The maximum absolute atomic E-state index is 12.6. The maximum Gasteiger partial charge on any atom is 0.323 e. The number of imidazole rings is 1. The van der Waals surface area contributed by atoms with Crippen LogP contribution in [0, 0.1) is 0 Å². The Balaban J connectivity index is 1.42. The van der Waals surface area contributed by atoms with Gasteiger partial charge in [-0.2, -0.15) is 0 Å². The van der Waals surface area contributed by atoms with Crippen molar-refractivity contribution in [1.29, 1.82) is 0 Å². The van der Waals surface area contributed by atoms with Crippen LogP contribution in [0.2, 0.25) is 0 Å². The molecular weight excluding hydrogens is 388 g/mol. The predicted molar refractivity (Wildman–Crippen MR) is 113 cm³/mol. The number of aromatic amines is 2. The first-order chi connectivity index (χ1) is 14.0. The smallest absolute Gasteiger partial charge is 0.323 e. The minimum atomic E-state index is -0.372. The van der Waals surface area contributed by atoms with Gasteiger partial charge in [0.15, 0.2) is 5.16 Å². The molecule has 0 spiro atoms. The van der Waals surface area contributed by atoms with Crippen molar-refractivity contribution in [2.75, 3.05) is 5.32 Å². The number of H-pyrrole nitrogens is 2. The normalized spacial score (nSPS) is 12.2. The molecule has 2 aromatic carbocycles. The Morgan fingerprint density at radius 1 is 1.14 bits per heavy atom. The zero-order valence-electron chi connectivity index (χ0n) is 16.0. The number of hydrogen-bond donors (Lipinski definition) is 3. The fourth-order valence-corrected chi connectivity index (χ4v) is 3.78. The van der Waals surface area contributed by atoms with Crippen LogP contribution in [0.4, 0.5) is 5.69 Å². The Kier molecular flexibility index (Phi) is 5.22. The molecule has 3 N–H and O–H groups in total. The fourth-order valence-electron chi connectivity index (χ4n) is 2.95. The Morgan fingerprint density at radius 3 is 2.69 bits per heavy atom. The Morgan fingerprint density at radius 2 is 1.90 bits per heavy atom. The number of nitrogens with one attached hydrogen (secondary N) is 3. The molecule has 0 aliphatic rings.